The van der Waals surface area contributed by atoms with E-state index >= 15 is 0 Å². The highest BCUT2D eigenvalue weighted by atomic mass is 16.5. The normalized spacial score (nSPS) is 26.5. The van der Waals surface area contributed by atoms with Crippen LogP contribution in [0.2, 0.25) is 0 Å². The van der Waals surface area contributed by atoms with E-state index in [4.69, 9.17) is 4.74 Å². The minimum atomic E-state index is 0.393. The summed E-state index contributed by atoms with van der Waals surface area (Å²) in [6, 6.07) is 0. The SMILES string of the molecule is C1=COC(CNCCN2CCCCCC2)CC1. The van der Waals surface area contributed by atoms with Crippen LogP contribution in [-0.2, 0) is 4.74 Å². The first-order valence-corrected chi connectivity index (χ1v) is 7.19. The van der Waals surface area contributed by atoms with Gasteiger partial charge in [0, 0.05) is 19.6 Å². The van der Waals surface area contributed by atoms with Crippen molar-refractivity contribution in [2.24, 2.45) is 0 Å². The van der Waals surface area contributed by atoms with Crippen LogP contribution in [0.4, 0.5) is 0 Å². The zero-order valence-electron chi connectivity index (χ0n) is 10.9. The van der Waals surface area contributed by atoms with Crippen molar-refractivity contribution in [2.75, 3.05) is 32.7 Å². The van der Waals surface area contributed by atoms with Gasteiger partial charge in [0.1, 0.15) is 6.10 Å². The number of nitrogens with zero attached hydrogens (tertiary/aromatic N) is 1. The number of hydrogen-bond donors (Lipinski definition) is 1. The highest BCUT2D eigenvalue weighted by molar-refractivity contribution is 4.83. The van der Waals surface area contributed by atoms with E-state index in [9.17, 15) is 0 Å². The Morgan fingerprint density at radius 1 is 1.18 bits per heavy atom. The van der Waals surface area contributed by atoms with Crippen LogP contribution in [0.25, 0.3) is 0 Å². The second-order valence-electron chi connectivity index (χ2n) is 5.17. The second kappa shape index (κ2) is 7.72. The molecular weight excluding hydrogens is 212 g/mol. The molecule has 0 saturated carbocycles. The van der Waals surface area contributed by atoms with Crippen molar-refractivity contribution in [3.05, 3.63) is 12.3 Å². The molecule has 0 aromatic rings. The van der Waals surface area contributed by atoms with E-state index in [2.05, 4.69) is 16.3 Å². The van der Waals surface area contributed by atoms with Gasteiger partial charge in [0.2, 0.25) is 0 Å². The molecule has 0 spiro atoms. The van der Waals surface area contributed by atoms with E-state index in [0.29, 0.717) is 6.10 Å². The zero-order chi connectivity index (χ0) is 11.8. The minimum absolute atomic E-state index is 0.393. The number of hydrogen-bond acceptors (Lipinski definition) is 3. The molecule has 3 heteroatoms. The summed E-state index contributed by atoms with van der Waals surface area (Å²) >= 11 is 0. The Morgan fingerprint density at radius 3 is 2.71 bits per heavy atom. The van der Waals surface area contributed by atoms with Crippen LogP contribution in [0.15, 0.2) is 12.3 Å². The predicted molar refractivity (Wildman–Crippen MR) is 71.0 cm³/mol. The molecule has 3 nitrogen and oxygen atoms in total. The van der Waals surface area contributed by atoms with Crippen LogP contribution in [0.1, 0.15) is 38.5 Å². The first-order chi connectivity index (χ1) is 8.45. The van der Waals surface area contributed by atoms with Crippen molar-refractivity contribution in [3.63, 3.8) is 0 Å². The van der Waals surface area contributed by atoms with E-state index < -0.39 is 0 Å². The van der Waals surface area contributed by atoms with Gasteiger partial charge in [-0.1, -0.05) is 12.8 Å². The van der Waals surface area contributed by atoms with Gasteiger partial charge in [0.05, 0.1) is 6.26 Å². The van der Waals surface area contributed by atoms with Crippen LogP contribution in [0, 0.1) is 0 Å². The summed E-state index contributed by atoms with van der Waals surface area (Å²) in [6.45, 7) is 5.89. The molecule has 1 fully saturated rings. The molecule has 1 saturated heterocycles. The fraction of sp³-hybridized carbons (Fsp3) is 0.857. The van der Waals surface area contributed by atoms with E-state index in [1.165, 1.54) is 51.7 Å². The largest absolute Gasteiger partial charge is 0.497 e. The number of likely N-dealkylation sites (tertiary alicyclic amines) is 1. The lowest BCUT2D eigenvalue weighted by Crippen LogP contribution is -2.36. The lowest BCUT2D eigenvalue weighted by Gasteiger charge is -2.22. The van der Waals surface area contributed by atoms with Crippen molar-refractivity contribution < 1.29 is 4.74 Å². The summed E-state index contributed by atoms with van der Waals surface area (Å²) < 4.78 is 5.53. The van der Waals surface area contributed by atoms with Gasteiger partial charge in [0.15, 0.2) is 0 Å². The van der Waals surface area contributed by atoms with Crippen molar-refractivity contribution >= 4 is 0 Å². The number of ether oxygens (including phenoxy) is 1. The average Bonchev–Trinajstić information content (AvgIpc) is 2.65. The monoisotopic (exact) mass is 238 g/mol. The third-order valence-corrected chi connectivity index (χ3v) is 3.70. The fourth-order valence-electron chi connectivity index (χ4n) is 2.60. The molecule has 0 aromatic carbocycles. The summed E-state index contributed by atoms with van der Waals surface area (Å²) in [4.78, 5) is 2.60. The topological polar surface area (TPSA) is 24.5 Å². The quantitative estimate of drug-likeness (QED) is 0.743. The third kappa shape index (κ3) is 5.09. The van der Waals surface area contributed by atoms with Crippen molar-refractivity contribution in [1.29, 1.82) is 0 Å². The van der Waals surface area contributed by atoms with Crippen LogP contribution < -0.4 is 5.32 Å². The number of nitrogens with one attached hydrogen (secondary N) is 1. The van der Waals surface area contributed by atoms with Crippen LogP contribution >= 0.6 is 0 Å². The Bertz CT molecular complexity index is 222. The molecule has 2 rings (SSSR count). The van der Waals surface area contributed by atoms with Gasteiger partial charge in [-0.05, 0) is 44.8 Å². The molecule has 98 valence electrons. The molecule has 2 aliphatic rings. The Kier molecular flexibility index (Phi) is 5.86. The maximum absolute atomic E-state index is 5.53. The maximum atomic E-state index is 5.53. The van der Waals surface area contributed by atoms with Crippen LogP contribution in [-0.4, -0.2) is 43.7 Å². The Morgan fingerprint density at radius 2 is 2.00 bits per heavy atom. The molecular formula is C14H26N2O. The number of rotatable bonds is 5. The zero-order valence-corrected chi connectivity index (χ0v) is 10.9. The van der Waals surface area contributed by atoms with Crippen LogP contribution in [0.3, 0.4) is 0 Å². The summed E-state index contributed by atoms with van der Waals surface area (Å²) in [6.07, 6.45) is 12.3. The summed E-state index contributed by atoms with van der Waals surface area (Å²) in [5, 5.41) is 3.52. The molecule has 0 aliphatic carbocycles. The lowest BCUT2D eigenvalue weighted by atomic mass is 10.1. The Balaban J connectivity index is 1.51. The predicted octanol–water partition coefficient (Wildman–Crippen LogP) is 2.14. The van der Waals surface area contributed by atoms with Gasteiger partial charge in [-0.3, -0.25) is 0 Å². The van der Waals surface area contributed by atoms with E-state index in [1.807, 2.05) is 6.26 Å². The average molecular weight is 238 g/mol. The summed E-state index contributed by atoms with van der Waals surface area (Å²) in [7, 11) is 0. The molecule has 0 aromatic heterocycles. The van der Waals surface area contributed by atoms with E-state index in [0.717, 1.165) is 19.5 Å². The first kappa shape index (κ1) is 12.9. The third-order valence-electron chi connectivity index (χ3n) is 3.70. The van der Waals surface area contributed by atoms with Crippen molar-refractivity contribution in [3.8, 4) is 0 Å². The molecule has 1 atom stereocenters. The van der Waals surface area contributed by atoms with Crippen LogP contribution in [0.5, 0.6) is 0 Å². The summed E-state index contributed by atoms with van der Waals surface area (Å²) in [5.74, 6) is 0. The molecule has 1 unspecified atom stereocenters. The Labute approximate surface area is 105 Å². The van der Waals surface area contributed by atoms with Gasteiger partial charge in [-0.2, -0.15) is 0 Å². The van der Waals surface area contributed by atoms with Gasteiger partial charge >= 0.3 is 0 Å². The first-order valence-electron chi connectivity index (χ1n) is 7.19. The van der Waals surface area contributed by atoms with Gasteiger partial charge in [-0.25, -0.2) is 0 Å². The van der Waals surface area contributed by atoms with Gasteiger partial charge in [-0.15, -0.1) is 0 Å². The minimum Gasteiger partial charge on any atom is -0.497 e. The van der Waals surface area contributed by atoms with Gasteiger partial charge < -0.3 is 15.0 Å². The highest BCUT2D eigenvalue weighted by Gasteiger charge is 2.11. The summed E-state index contributed by atoms with van der Waals surface area (Å²) in [5.41, 5.74) is 0. The number of allylic oxidation sites excluding steroid dienone is 1. The van der Waals surface area contributed by atoms with Gasteiger partial charge in [0.25, 0.3) is 0 Å². The maximum Gasteiger partial charge on any atom is 0.110 e. The molecule has 1 N–H and O–H groups in total. The fourth-order valence-corrected chi connectivity index (χ4v) is 2.60. The molecule has 2 aliphatic heterocycles. The molecule has 0 bridgehead atoms. The van der Waals surface area contributed by atoms with E-state index in [1.54, 1.807) is 0 Å². The highest BCUT2D eigenvalue weighted by Crippen LogP contribution is 2.10. The van der Waals surface area contributed by atoms with E-state index in [-0.39, 0.29) is 0 Å². The molecule has 0 amide bonds. The standard InChI is InChI=1S/C14H26N2O/c1-2-5-10-16(9-4-1)11-8-15-13-14-7-3-6-12-17-14/h6,12,14-15H,1-5,7-11,13H2. The molecule has 17 heavy (non-hydrogen) atoms. The second-order valence-corrected chi connectivity index (χ2v) is 5.17. The molecule has 2 heterocycles. The van der Waals surface area contributed by atoms with Crippen molar-refractivity contribution in [1.82, 2.24) is 10.2 Å². The smallest absolute Gasteiger partial charge is 0.110 e. The lowest BCUT2D eigenvalue weighted by molar-refractivity contribution is 0.121. The Hall–Kier alpha value is -0.540. The molecule has 0 radical (unpaired) electrons. The van der Waals surface area contributed by atoms with Crippen molar-refractivity contribution in [2.45, 2.75) is 44.6 Å².